The van der Waals surface area contributed by atoms with E-state index < -0.39 is 35.9 Å². The van der Waals surface area contributed by atoms with Crippen molar-refractivity contribution in [2.24, 2.45) is 11.8 Å². The summed E-state index contributed by atoms with van der Waals surface area (Å²) < 4.78 is 5.57. The Morgan fingerprint density at radius 3 is 2.29 bits per heavy atom. The minimum atomic E-state index is -1.03. The summed E-state index contributed by atoms with van der Waals surface area (Å²) in [4.78, 5) is 53.5. The van der Waals surface area contributed by atoms with E-state index in [2.05, 4.69) is 16.7 Å². The number of rotatable bonds is 2. The number of halogens is 1. The molecule has 1 heterocycles. The third kappa shape index (κ3) is 8.75. The first-order valence-electron chi connectivity index (χ1n) is 12.9. The molecule has 210 valence electrons. The molecule has 1 aliphatic rings. The molecule has 1 aliphatic heterocycles. The Hall–Kier alpha value is -3.07. The number of hydrogen-bond acceptors (Lipinski definition) is 6. The Kier molecular flexibility index (Phi) is 11.2. The van der Waals surface area contributed by atoms with E-state index in [1.165, 1.54) is 31.0 Å². The monoisotopic (exact) mass is 549 g/mol. The van der Waals surface area contributed by atoms with Gasteiger partial charge in [-0.05, 0) is 64.2 Å². The number of ether oxygens (including phenoxy) is 1. The minimum absolute atomic E-state index is 0.0603. The van der Waals surface area contributed by atoms with Gasteiger partial charge in [-0.25, -0.2) is 4.79 Å². The number of aromatic hydroxyl groups is 1. The highest BCUT2D eigenvalue weighted by molar-refractivity contribution is 6.32. The highest BCUT2D eigenvalue weighted by Crippen LogP contribution is 2.25. The van der Waals surface area contributed by atoms with Gasteiger partial charge in [0.05, 0.1) is 11.1 Å². The third-order valence-electron chi connectivity index (χ3n) is 6.67. The lowest BCUT2D eigenvalue weighted by molar-refractivity contribution is -0.153. The zero-order valence-corrected chi connectivity index (χ0v) is 24.0. The van der Waals surface area contributed by atoms with E-state index in [1.807, 2.05) is 13.8 Å². The molecule has 10 heteroatoms. The number of esters is 1. The van der Waals surface area contributed by atoms with E-state index >= 15 is 0 Å². The first-order valence-corrected chi connectivity index (χ1v) is 13.3. The third-order valence-corrected chi connectivity index (χ3v) is 6.97. The van der Waals surface area contributed by atoms with Crippen molar-refractivity contribution in [3.05, 3.63) is 40.4 Å². The van der Waals surface area contributed by atoms with Crippen molar-refractivity contribution in [3.63, 3.8) is 0 Å². The molecule has 0 bridgehead atoms. The van der Waals surface area contributed by atoms with Crippen LogP contribution in [0.15, 0.2) is 29.8 Å². The second kappa shape index (κ2) is 13.6. The minimum Gasteiger partial charge on any atom is -0.506 e. The first-order chi connectivity index (χ1) is 17.7. The average molecular weight is 550 g/mol. The summed E-state index contributed by atoms with van der Waals surface area (Å²) in [7, 11) is 1.47. The number of nitrogens with zero attached hydrogens (tertiary/aromatic N) is 1. The molecule has 0 saturated carbocycles. The molecule has 0 aliphatic carbocycles. The van der Waals surface area contributed by atoms with Gasteiger partial charge in [-0.15, -0.1) is 0 Å². The molecule has 2 rings (SSSR count). The molecule has 0 fully saturated rings. The van der Waals surface area contributed by atoms with Gasteiger partial charge < -0.3 is 25.4 Å². The van der Waals surface area contributed by atoms with Gasteiger partial charge in [-0.1, -0.05) is 43.2 Å². The number of benzene rings is 1. The molecule has 3 amide bonds. The topological polar surface area (TPSA) is 125 Å². The van der Waals surface area contributed by atoms with Gasteiger partial charge in [0.25, 0.3) is 0 Å². The molecular formula is C28H40ClN3O6. The molecule has 1 aromatic carbocycles. The summed E-state index contributed by atoms with van der Waals surface area (Å²) in [6.07, 6.45) is 2.84. The SMILES string of the molecule is CC1=CC(C)CC(C)OC(=O)C(C)NC(=O)C(Cc2ccc(O)c(Cl)c2)N(C)C(=O)C(C)NC(=O)C(C)C1. The van der Waals surface area contributed by atoms with Gasteiger partial charge in [0.15, 0.2) is 0 Å². The van der Waals surface area contributed by atoms with E-state index in [9.17, 15) is 24.3 Å². The van der Waals surface area contributed by atoms with Crippen LogP contribution in [0.1, 0.15) is 59.9 Å². The van der Waals surface area contributed by atoms with Crippen LogP contribution in [0.3, 0.4) is 0 Å². The average Bonchev–Trinajstić information content (AvgIpc) is 2.82. The number of likely N-dealkylation sites (N-methyl/N-ethyl adjacent to an activating group) is 1. The van der Waals surface area contributed by atoms with E-state index in [0.29, 0.717) is 18.4 Å². The maximum absolute atomic E-state index is 13.4. The molecular weight excluding hydrogens is 510 g/mol. The van der Waals surface area contributed by atoms with Gasteiger partial charge in [0, 0.05) is 19.4 Å². The Morgan fingerprint density at radius 1 is 1.03 bits per heavy atom. The fourth-order valence-corrected chi connectivity index (χ4v) is 4.82. The van der Waals surface area contributed by atoms with Crippen LogP contribution in [0.2, 0.25) is 5.02 Å². The fraction of sp³-hybridized carbons (Fsp3) is 0.571. The molecule has 38 heavy (non-hydrogen) atoms. The van der Waals surface area contributed by atoms with Crippen LogP contribution >= 0.6 is 11.6 Å². The number of allylic oxidation sites excluding steroid dienone is 2. The molecule has 3 N–H and O–H groups in total. The summed E-state index contributed by atoms with van der Waals surface area (Å²) in [5.74, 6) is -2.25. The van der Waals surface area contributed by atoms with Crippen molar-refractivity contribution in [2.45, 2.75) is 85.0 Å². The van der Waals surface area contributed by atoms with Gasteiger partial charge >= 0.3 is 5.97 Å². The summed E-state index contributed by atoms with van der Waals surface area (Å²) in [6.45, 7) is 10.7. The number of hydrogen-bond donors (Lipinski definition) is 3. The molecule has 1 aromatic rings. The van der Waals surface area contributed by atoms with E-state index in [-0.39, 0.29) is 41.0 Å². The van der Waals surface area contributed by atoms with Crippen molar-refractivity contribution in [2.75, 3.05) is 7.05 Å². The lowest BCUT2D eigenvalue weighted by atomic mass is 9.95. The summed E-state index contributed by atoms with van der Waals surface area (Å²) in [6, 6.07) is 1.64. The Morgan fingerprint density at radius 2 is 1.66 bits per heavy atom. The van der Waals surface area contributed by atoms with E-state index in [0.717, 1.165) is 5.57 Å². The molecule has 6 unspecified atom stereocenters. The number of phenolic OH excluding ortho intramolecular Hbond substituents is 1. The van der Waals surface area contributed by atoms with Crippen LogP contribution in [-0.4, -0.2) is 65.0 Å². The van der Waals surface area contributed by atoms with Crippen LogP contribution in [0.5, 0.6) is 5.75 Å². The standard InChI is InChI=1S/C28H40ClN3O6/c1-15-10-16(2)12-18(4)38-28(37)20(6)31-26(35)23(14-21-8-9-24(33)22(29)13-21)32(7)27(36)19(5)30-25(34)17(3)11-15/h8-10,13,16-20,23,33H,11-12,14H2,1-7H3,(H,30,34)(H,31,35). The summed E-state index contributed by atoms with van der Waals surface area (Å²) in [5.41, 5.74) is 1.63. The zero-order chi connectivity index (χ0) is 28.7. The first kappa shape index (κ1) is 31.1. The zero-order valence-electron chi connectivity index (χ0n) is 23.2. The largest absolute Gasteiger partial charge is 0.506 e. The van der Waals surface area contributed by atoms with Crippen molar-refractivity contribution < 1.29 is 29.0 Å². The van der Waals surface area contributed by atoms with Crippen LogP contribution in [0.4, 0.5) is 0 Å². The fourth-order valence-electron chi connectivity index (χ4n) is 4.62. The lowest BCUT2D eigenvalue weighted by Gasteiger charge is -2.31. The van der Waals surface area contributed by atoms with Gasteiger partial charge in [-0.2, -0.15) is 0 Å². The van der Waals surface area contributed by atoms with Crippen LogP contribution in [-0.2, 0) is 30.3 Å². The van der Waals surface area contributed by atoms with Crippen LogP contribution in [0, 0.1) is 11.8 Å². The second-order valence-corrected chi connectivity index (χ2v) is 10.9. The molecule has 6 atom stereocenters. The lowest BCUT2D eigenvalue weighted by Crippen LogP contribution is -2.56. The smallest absolute Gasteiger partial charge is 0.328 e. The van der Waals surface area contributed by atoms with Crippen molar-refractivity contribution in [1.82, 2.24) is 15.5 Å². The highest BCUT2D eigenvalue weighted by atomic mass is 35.5. The maximum Gasteiger partial charge on any atom is 0.328 e. The normalized spacial score (nSPS) is 28.9. The number of carbonyl (C=O) groups excluding carboxylic acids is 4. The van der Waals surface area contributed by atoms with Crippen LogP contribution in [0.25, 0.3) is 0 Å². The number of cyclic esters (lactones) is 1. The highest BCUT2D eigenvalue weighted by Gasteiger charge is 2.33. The van der Waals surface area contributed by atoms with Gasteiger partial charge in [-0.3, -0.25) is 14.4 Å². The summed E-state index contributed by atoms with van der Waals surface area (Å²) in [5, 5.41) is 15.3. The Balaban J connectivity index is 2.40. The Bertz CT molecular complexity index is 1070. The predicted octanol–water partition coefficient (Wildman–Crippen LogP) is 3.37. The number of amides is 3. The molecule has 9 nitrogen and oxygen atoms in total. The Labute approximate surface area is 229 Å². The maximum atomic E-state index is 13.4. The number of phenols is 1. The van der Waals surface area contributed by atoms with Crippen molar-refractivity contribution >= 4 is 35.3 Å². The molecule has 0 radical (unpaired) electrons. The predicted molar refractivity (Wildman–Crippen MR) is 145 cm³/mol. The van der Waals surface area contributed by atoms with Gasteiger partial charge in [0.1, 0.15) is 23.9 Å². The summed E-state index contributed by atoms with van der Waals surface area (Å²) >= 11 is 6.05. The number of carbonyl (C=O) groups is 4. The van der Waals surface area contributed by atoms with Crippen molar-refractivity contribution in [1.29, 1.82) is 0 Å². The van der Waals surface area contributed by atoms with E-state index in [1.54, 1.807) is 26.8 Å². The van der Waals surface area contributed by atoms with Gasteiger partial charge in [0.2, 0.25) is 17.7 Å². The second-order valence-electron chi connectivity index (χ2n) is 10.5. The number of nitrogens with one attached hydrogen (secondary N) is 2. The van der Waals surface area contributed by atoms with Crippen LogP contribution < -0.4 is 10.6 Å². The van der Waals surface area contributed by atoms with E-state index in [4.69, 9.17) is 16.3 Å². The molecule has 0 spiro atoms. The molecule has 0 saturated heterocycles. The molecule has 0 aromatic heterocycles. The quantitative estimate of drug-likeness (QED) is 0.384. The van der Waals surface area contributed by atoms with Crippen molar-refractivity contribution in [3.8, 4) is 5.75 Å².